The van der Waals surface area contributed by atoms with Crippen LogP contribution < -0.4 is 0 Å². The molecule has 0 atom stereocenters. The van der Waals surface area contributed by atoms with Gasteiger partial charge in [-0.1, -0.05) is 23.7 Å². The maximum Gasteiger partial charge on any atom is 0.220 e. The van der Waals surface area contributed by atoms with Crippen molar-refractivity contribution in [2.75, 3.05) is 0 Å². The predicted molar refractivity (Wildman–Crippen MR) is 92.1 cm³/mol. The van der Waals surface area contributed by atoms with E-state index in [2.05, 4.69) is 4.98 Å². The summed E-state index contributed by atoms with van der Waals surface area (Å²) in [5, 5.41) is 0.705. The number of para-hydroxylation sites is 2. The molecular formula is C19H12ClNO2. The molecule has 0 fully saturated rings. The molecule has 4 rings (SSSR count). The Hall–Kier alpha value is -2.78. The minimum atomic E-state index is 0.552. The maximum atomic E-state index is 5.90. The highest BCUT2D eigenvalue weighted by molar-refractivity contribution is 6.30. The Morgan fingerprint density at radius 2 is 1.65 bits per heavy atom. The standard InChI is InChI=1S/C19H12ClNO2/c20-14-7-5-13(6-8-14)17-11-9-15(22-17)10-12-19-21-16-3-1-2-4-18(16)23-19/h1-12H/b12-10-. The molecule has 0 saturated heterocycles. The van der Waals surface area contributed by atoms with E-state index >= 15 is 0 Å². The van der Waals surface area contributed by atoms with E-state index < -0.39 is 0 Å². The lowest BCUT2D eigenvalue weighted by molar-refractivity contribution is 0.570. The first-order valence-electron chi connectivity index (χ1n) is 7.17. The van der Waals surface area contributed by atoms with Crippen LogP contribution in [0.1, 0.15) is 11.7 Å². The monoisotopic (exact) mass is 321 g/mol. The zero-order valence-corrected chi connectivity index (χ0v) is 12.8. The van der Waals surface area contributed by atoms with Crippen molar-refractivity contribution in [1.82, 2.24) is 4.98 Å². The van der Waals surface area contributed by atoms with Gasteiger partial charge in [0.05, 0.1) is 0 Å². The molecule has 0 aliphatic carbocycles. The number of fused-ring (bicyclic) bond motifs is 1. The van der Waals surface area contributed by atoms with E-state index in [0.717, 1.165) is 28.2 Å². The summed E-state index contributed by atoms with van der Waals surface area (Å²) < 4.78 is 11.4. The summed E-state index contributed by atoms with van der Waals surface area (Å²) >= 11 is 5.90. The fourth-order valence-electron chi connectivity index (χ4n) is 2.33. The number of benzene rings is 2. The average Bonchev–Trinajstić information content (AvgIpc) is 3.20. The van der Waals surface area contributed by atoms with Crippen LogP contribution in [0, 0.1) is 0 Å². The van der Waals surface area contributed by atoms with Gasteiger partial charge in [0.2, 0.25) is 5.89 Å². The van der Waals surface area contributed by atoms with Gasteiger partial charge in [0.15, 0.2) is 5.58 Å². The molecule has 0 aliphatic rings. The lowest BCUT2D eigenvalue weighted by atomic mass is 10.2. The number of nitrogens with zero attached hydrogens (tertiary/aromatic N) is 1. The zero-order valence-electron chi connectivity index (χ0n) is 12.1. The maximum absolute atomic E-state index is 5.90. The lowest BCUT2D eigenvalue weighted by Crippen LogP contribution is -1.72. The fraction of sp³-hybridized carbons (Fsp3) is 0. The molecular weight excluding hydrogens is 310 g/mol. The molecule has 2 aromatic heterocycles. The molecule has 0 radical (unpaired) electrons. The third kappa shape index (κ3) is 2.91. The highest BCUT2D eigenvalue weighted by atomic mass is 35.5. The molecule has 0 aliphatic heterocycles. The summed E-state index contributed by atoms with van der Waals surface area (Å²) in [6, 6.07) is 19.0. The molecule has 3 nitrogen and oxygen atoms in total. The van der Waals surface area contributed by atoms with Gasteiger partial charge in [-0.2, -0.15) is 0 Å². The van der Waals surface area contributed by atoms with Gasteiger partial charge in [-0.25, -0.2) is 4.98 Å². The first-order chi connectivity index (χ1) is 11.3. The van der Waals surface area contributed by atoms with E-state index in [-0.39, 0.29) is 0 Å². The van der Waals surface area contributed by atoms with Crippen molar-refractivity contribution in [3.05, 3.63) is 77.3 Å². The van der Waals surface area contributed by atoms with Crippen LogP contribution in [0.4, 0.5) is 0 Å². The second kappa shape index (κ2) is 5.78. The van der Waals surface area contributed by atoms with Gasteiger partial charge < -0.3 is 8.83 Å². The van der Waals surface area contributed by atoms with Gasteiger partial charge in [0.1, 0.15) is 17.0 Å². The van der Waals surface area contributed by atoms with Crippen molar-refractivity contribution in [2.45, 2.75) is 0 Å². The summed E-state index contributed by atoms with van der Waals surface area (Å²) in [6.45, 7) is 0. The molecule has 2 aromatic carbocycles. The van der Waals surface area contributed by atoms with E-state index in [9.17, 15) is 0 Å². The van der Waals surface area contributed by atoms with Crippen molar-refractivity contribution in [3.8, 4) is 11.3 Å². The van der Waals surface area contributed by atoms with Crippen LogP contribution in [0.25, 0.3) is 34.6 Å². The van der Waals surface area contributed by atoms with Crippen LogP contribution in [0.2, 0.25) is 5.02 Å². The minimum absolute atomic E-state index is 0.552. The van der Waals surface area contributed by atoms with E-state index in [1.165, 1.54) is 0 Å². The van der Waals surface area contributed by atoms with Crippen molar-refractivity contribution in [1.29, 1.82) is 0 Å². The van der Waals surface area contributed by atoms with E-state index in [1.54, 1.807) is 6.08 Å². The smallest absolute Gasteiger partial charge is 0.220 e. The quantitative estimate of drug-likeness (QED) is 0.470. The van der Waals surface area contributed by atoms with Crippen molar-refractivity contribution >= 4 is 34.9 Å². The van der Waals surface area contributed by atoms with Crippen LogP contribution in [-0.2, 0) is 0 Å². The third-order valence-electron chi connectivity index (χ3n) is 3.46. The largest absolute Gasteiger partial charge is 0.457 e. The van der Waals surface area contributed by atoms with Gasteiger partial charge in [-0.3, -0.25) is 0 Å². The normalized spacial score (nSPS) is 11.5. The van der Waals surface area contributed by atoms with Gasteiger partial charge in [-0.15, -0.1) is 0 Å². The van der Waals surface area contributed by atoms with Crippen LogP contribution in [0.3, 0.4) is 0 Å². The molecule has 4 heteroatoms. The third-order valence-corrected chi connectivity index (χ3v) is 3.71. The molecule has 0 N–H and O–H groups in total. The first kappa shape index (κ1) is 13.9. The molecule has 0 saturated carbocycles. The molecule has 4 aromatic rings. The SMILES string of the molecule is Clc1ccc(-c2ccc(/C=C\c3nc4ccccc4o3)o2)cc1. The number of oxazole rings is 1. The molecule has 23 heavy (non-hydrogen) atoms. The number of hydrogen-bond acceptors (Lipinski definition) is 3. The molecule has 0 amide bonds. The van der Waals surface area contributed by atoms with Crippen molar-refractivity contribution in [2.24, 2.45) is 0 Å². The summed E-state index contributed by atoms with van der Waals surface area (Å²) in [5.74, 6) is 2.08. The van der Waals surface area contributed by atoms with E-state index in [1.807, 2.05) is 66.7 Å². The summed E-state index contributed by atoms with van der Waals surface area (Å²) in [5.41, 5.74) is 2.60. The Morgan fingerprint density at radius 3 is 2.48 bits per heavy atom. The number of halogens is 1. The summed E-state index contributed by atoms with van der Waals surface area (Å²) in [6.07, 6.45) is 3.63. The second-order valence-electron chi connectivity index (χ2n) is 5.06. The molecule has 0 bridgehead atoms. The van der Waals surface area contributed by atoms with Gasteiger partial charge in [0, 0.05) is 16.7 Å². The van der Waals surface area contributed by atoms with Gasteiger partial charge in [-0.05, 0) is 54.6 Å². The molecule has 0 spiro atoms. The van der Waals surface area contributed by atoms with Crippen molar-refractivity contribution < 1.29 is 8.83 Å². The number of furan rings is 1. The van der Waals surface area contributed by atoms with Crippen LogP contribution in [0.5, 0.6) is 0 Å². The Balaban J connectivity index is 1.58. The van der Waals surface area contributed by atoms with E-state index in [0.29, 0.717) is 10.9 Å². The number of hydrogen-bond donors (Lipinski definition) is 0. The second-order valence-corrected chi connectivity index (χ2v) is 5.50. The van der Waals surface area contributed by atoms with Crippen molar-refractivity contribution in [3.63, 3.8) is 0 Å². The van der Waals surface area contributed by atoms with Gasteiger partial charge in [0.25, 0.3) is 0 Å². The Morgan fingerprint density at radius 1 is 0.826 bits per heavy atom. The van der Waals surface area contributed by atoms with Crippen LogP contribution in [-0.4, -0.2) is 4.98 Å². The Labute approximate surface area is 137 Å². The topological polar surface area (TPSA) is 39.2 Å². The predicted octanol–water partition coefficient (Wildman–Crippen LogP) is 5.91. The average molecular weight is 322 g/mol. The minimum Gasteiger partial charge on any atom is -0.457 e. The number of rotatable bonds is 3. The molecule has 112 valence electrons. The molecule has 0 unspecified atom stereocenters. The number of aromatic nitrogens is 1. The Kier molecular flexibility index (Phi) is 3.48. The van der Waals surface area contributed by atoms with E-state index in [4.69, 9.17) is 20.4 Å². The highest BCUT2D eigenvalue weighted by Crippen LogP contribution is 2.25. The van der Waals surface area contributed by atoms with Crippen LogP contribution in [0.15, 0.2) is 69.5 Å². The fourth-order valence-corrected chi connectivity index (χ4v) is 2.45. The summed E-state index contributed by atoms with van der Waals surface area (Å²) in [7, 11) is 0. The first-order valence-corrected chi connectivity index (χ1v) is 7.55. The molecule has 2 heterocycles. The zero-order chi connectivity index (χ0) is 15.6. The summed E-state index contributed by atoms with van der Waals surface area (Å²) in [4.78, 5) is 4.39. The highest BCUT2D eigenvalue weighted by Gasteiger charge is 2.04. The van der Waals surface area contributed by atoms with Gasteiger partial charge >= 0.3 is 0 Å². The van der Waals surface area contributed by atoms with Crippen LogP contribution >= 0.6 is 11.6 Å². The Bertz CT molecular complexity index is 947. The lowest BCUT2D eigenvalue weighted by Gasteiger charge is -1.96.